The van der Waals surface area contributed by atoms with Gasteiger partial charge in [-0.2, -0.15) is 5.10 Å². The number of aromatic nitrogens is 4. The van der Waals surface area contributed by atoms with Crippen LogP contribution in [0.5, 0.6) is 0 Å². The highest BCUT2D eigenvalue weighted by atomic mass is 127. The van der Waals surface area contributed by atoms with E-state index in [1.54, 1.807) is 6.20 Å². The third kappa shape index (κ3) is 2.87. The first kappa shape index (κ1) is 15.0. The minimum atomic E-state index is -0.294. The van der Waals surface area contributed by atoms with Crippen LogP contribution in [0.15, 0.2) is 28.0 Å². The summed E-state index contributed by atoms with van der Waals surface area (Å²) in [7, 11) is 0. The number of nitrogens with zero attached hydrogens (tertiary/aromatic N) is 4. The van der Waals surface area contributed by atoms with Crippen molar-refractivity contribution in [1.82, 2.24) is 18.9 Å². The molecule has 2 aromatic rings. The Morgan fingerprint density at radius 3 is 2.60 bits per heavy atom. The van der Waals surface area contributed by atoms with E-state index in [4.69, 9.17) is 0 Å². The summed E-state index contributed by atoms with van der Waals surface area (Å²) < 4.78 is 5.11. The van der Waals surface area contributed by atoms with Gasteiger partial charge in [0.2, 0.25) is 0 Å². The SMILES string of the molecule is CCn1cc(I)c(=O)n(Cc2ccn(C(C)C)n2)c1=O. The summed E-state index contributed by atoms with van der Waals surface area (Å²) in [6.45, 7) is 6.67. The van der Waals surface area contributed by atoms with Gasteiger partial charge < -0.3 is 0 Å². The molecule has 0 N–H and O–H groups in total. The zero-order chi connectivity index (χ0) is 14.9. The molecular formula is C13H17IN4O2. The van der Waals surface area contributed by atoms with Crippen LogP contribution in [-0.2, 0) is 13.1 Å². The summed E-state index contributed by atoms with van der Waals surface area (Å²) in [4.78, 5) is 24.3. The molecule has 0 aromatic carbocycles. The van der Waals surface area contributed by atoms with Crippen molar-refractivity contribution >= 4 is 22.6 Å². The van der Waals surface area contributed by atoms with E-state index in [9.17, 15) is 9.59 Å². The summed E-state index contributed by atoms with van der Waals surface area (Å²) in [6, 6.07) is 2.09. The number of halogens is 1. The highest BCUT2D eigenvalue weighted by Gasteiger charge is 2.11. The van der Waals surface area contributed by atoms with Gasteiger partial charge in [0.15, 0.2) is 0 Å². The van der Waals surface area contributed by atoms with Gasteiger partial charge in [0.05, 0.1) is 15.8 Å². The van der Waals surface area contributed by atoms with E-state index in [-0.39, 0.29) is 23.8 Å². The molecule has 7 heteroatoms. The number of aryl methyl sites for hydroxylation is 1. The van der Waals surface area contributed by atoms with E-state index in [2.05, 4.69) is 5.10 Å². The zero-order valence-corrected chi connectivity index (χ0v) is 13.9. The second-order valence-electron chi connectivity index (χ2n) is 4.82. The monoisotopic (exact) mass is 388 g/mol. The van der Waals surface area contributed by atoms with Crippen LogP contribution in [0, 0.1) is 3.57 Å². The Morgan fingerprint density at radius 2 is 2.05 bits per heavy atom. The summed E-state index contributed by atoms with van der Waals surface area (Å²) in [5.41, 5.74) is 0.152. The maximum atomic E-state index is 12.2. The van der Waals surface area contributed by atoms with E-state index in [0.29, 0.717) is 15.8 Å². The van der Waals surface area contributed by atoms with E-state index in [1.807, 2.05) is 60.3 Å². The van der Waals surface area contributed by atoms with Crippen LogP contribution in [-0.4, -0.2) is 18.9 Å². The van der Waals surface area contributed by atoms with Crippen molar-refractivity contribution in [1.29, 1.82) is 0 Å². The molecule has 0 saturated carbocycles. The first-order valence-electron chi connectivity index (χ1n) is 6.47. The predicted molar refractivity (Wildman–Crippen MR) is 85.1 cm³/mol. The Kier molecular flexibility index (Phi) is 4.46. The molecule has 0 aliphatic carbocycles. The van der Waals surface area contributed by atoms with Gasteiger partial charge >= 0.3 is 5.69 Å². The summed E-state index contributed by atoms with van der Waals surface area (Å²) in [5.74, 6) is 0. The third-order valence-corrected chi connectivity index (χ3v) is 3.79. The van der Waals surface area contributed by atoms with Crippen molar-refractivity contribution in [3.8, 4) is 0 Å². The van der Waals surface area contributed by atoms with Crippen LogP contribution in [0.4, 0.5) is 0 Å². The van der Waals surface area contributed by atoms with Crippen LogP contribution < -0.4 is 11.2 Å². The van der Waals surface area contributed by atoms with Crippen molar-refractivity contribution in [3.63, 3.8) is 0 Å². The molecule has 2 rings (SSSR count). The normalized spacial score (nSPS) is 11.2. The average molecular weight is 388 g/mol. The Hall–Kier alpha value is -1.38. The number of hydrogen-bond donors (Lipinski definition) is 0. The fourth-order valence-corrected chi connectivity index (χ4v) is 2.52. The Morgan fingerprint density at radius 1 is 1.35 bits per heavy atom. The highest BCUT2D eigenvalue weighted by Crippen LogP contribution is 2.05. The zero-order valence-electron chi connectivity index (χ0n) is 11.7. The molecule has 0 radical (unpaired) electrons. The quantitative estimate of drug-likeness (QED) is 0.746. The highest BCUT2D eigenvalue weighted by molar-refractivity contribution is 14.1. The molecule has 0 bridgehead atoms. The Labute approximate surface area is 130 Å². The van der Waals surface area contributed by atoms with Gasteiger partial charge in [-0.15, -0.1) is 0 Å². The molecule has 0 atom stereocenters. The number of rotatable bonds is 4. The van der Waals surface area contributed by atoms with Crippen LogP contribution in [0.1, 0.15) is 32.5 Å². The van der Waals surface area contributed by atoms with Gasteiger partial charge in [-0.3, -0.25) is 18.6 Å². The molecule has 0 fully saturated rings. The van der Waals surface area contributed by atoms with E-state index in [0.717, 1.165) is 0 Å². The molecule has 2 aromatic heterocycles. The largest absolute Gasteiger partial charge is 0.331 e. The van der Waals surface area contributed by atoms with Crippen LogP contribution in [0.3, 0.4) is 0 Å². The van der Waals surface area contributed by atoms with E-state index < -0.39 is 0 Å². The Balaban J connectivity index is 2.45. The lowest BCUT2D eigenvalue weighted by Crippen LogP contribution is -2.41. The average Bonchev–Trinajstić information content (AvgIpc) is 2.87. The molecular weight excluding hydrogens is 371 g/mol. The second kappa shape index (κ2) is 5.94. The fourth-order valence-electron chi connectivity index (χ4n) is 1.90. The summed E-state index contributed by atoms with van der Waals surface area (Å²) in [6.07, 6.45) is 3.45. The molecule has 0 amide bonds. The molecule has 0 aliphatic heterocycles. The topological polar surface area (TPSA) is 61.8 Å². The molecule has 108 valence electrons. The van der Waals surface area contributed by atoms with Crippen molar-refractivity contribution in [2.45, 2.75) is 39.9 Å². The molecule has 0 unspecified atom stereocenters. The summed E-state index contributed by atoms with van der Waals surface area (Å²) in [5, 5.41) is 4.38. The maximum Gasteiger partial charge on any atom is 0.331 e. The van der Waals surface area contributed by atoms with Gasteiger partial charge in [0.25, 0.3) is 5.56 Å². The van der Waals surface area contributed by atoms with Gasteiger partial charge in [-0.25, -0.2) is 4.79 Å². The fraction of sp³-hybridized carbons (Fsp3) is 0.462. The smallest absolute Gasteiger partial charge is 0.300 e. The van der Waals surface area contributed by atoms with Crippen LogP contribution >= 0.6 is 22.6 Å². The lowest BCUT2D eigenvalue weighted by Gasteiger charge is -2.08. The van der Waals surface area contributed by atoms with Crippen molar-refractivity contribution in [2.24, 2.45) is 0 Å². The van der Waals surface area contributed by atoms with Gasteiger partial charge in [0.1, 0.15) is 0 Å². The lowest BCUT2D eigenvalue weighted by molar-refractivity contribution is 0.518. The standard InChI is InChI=1S/C13H17IN4O2/c1-4-16-8-11(14)12(19)17(13(16)20)7-10-5-6-18(15-10)9(2)3/h5-6,8-9H,4,7H2,1-3H3. The molecule has 0 saturated heterocycles. The third-order valence-electron chi connectivity index (χ3n) is 3.05. The van der Waals surface area contributed by atoms with Crippen LogP contribution in [0.25, 0.3) is 0 Å². The van der Waals surface area contributed by atoms with Crippen molar-refractivity contribution < 1.29 is 0 Å². The first-order valence-corrected chi connectivity index (χ1v) is 7.55. The van der Waals surface area contributed by atoms with Crippen LogP contribution in [0.2, 0.25) is 0 Å². The minimum absolute atomic E-state index is 0.203. The summed E-state index contributed by atoms with van der Waals surface area (Å²) >= 11 is 1.96. The van der Waals surface area contributed by atoms with Gasteiger partial charge in [0, 0.05) is 25.0 Å². The van der Waals surface area contributed by atoms with E-state index >= 15 is 0 Å². The maximum absolute atomic E-state index is 12.2. The molecule has 2 heterocycles. The second-order valence-corrected chi connectivity index (χ2v) is 5.98. The van der Waals surface area contributed by atoms with Gasteiger partial charge in [-0.05, 0) is 49.4 Å². The lowest BCUT2D eigenvalue weighted by atomic mass is 10.4. The molecule has 20 heavy (non-hydrogen) atoms. The van der Waals surface area contributed by atoms with E-state index in [1.165, 1.54) is 9.13 Å². The minimum Gasteiger partial charge on any atom is -0.300 e. The number of hydrogen-bond acceptors (Lipinski definition) is 3. The van der Waals surface area contributed by atoms with Gasteiger partial charge in [-0.1, -0.05) is 0 Å². The molecule has 6 nitrogen and oxygen atoms in total. The first-order chi connectivity index (χ1) is 9.43. The van der Waals surface area contributed by atoms with Crippen molar-refractivity contribution in [2.75, 3.05) is 0 Å². The molecule has 0 spiro atoms. The van der Waals surface area contributed by atoms with Crippen molar-refractivity contribution in [3.05, 3.63) is 48.6 Å². The predicted octanol–water partition coefficient (Wildman–Crippen LogP) is 1.46. The Bertz CT molecular complexity index is 727. The molecule has 0 aliphatic rings.